The van der Waals surface area contributed by atoms with Crippen LogP contribution in [0.25, 0.3) is 0 Å². The number of aliphatic hydroxyl groups is 1. The predicted octanol–water partition coefficient (Wildman–Crippen LogP) is 1.40. The number of likely N-dealkylation sites (tertiary alicyclic amines) is 1. The van der Waals surface area contributed by atoms with E-state index < -0.39 is 51.2 Å². The Balaban J connectivity index is 1.79. The summed E-state index contributed by atoms with van der Waals surface area (Å²) < 4.78 is 28.1. The quantitative estimate of drug-likeness (QED) is 0.0906. The number of benzene rings is 1. The lowest BCUT2D eigenvalue weighted by molar-refractivity contribution is -0.153. The molecule has 1 aliphatic heterocycles. The lowest BCUT2D eigenvalue weighted by Crippen LogP contribution is -2.42. The first-order valence-corrected chi connectivity index (χ1v) is 16.9. The normalized spacial score (nSPS) is 16.1. The van der Waals surface area contributed by atoms with Crippen LogP contribution in [0.5, 0.6) is 0 Å². The van der Waals surface area contributed by atoms with Crippen LogP contribution in [0, 0.1) is 5.92 Å². The third kappa shape index (κ3) is 9.66. The van der Waals surface area contributed by atoms with Crippen LogP contribution < -0.4 is 10.6 Å². The van der Waals surface area contributed by atoms with Crippen LogP contribution in [0.3, 0.4) is 0 Å². The number of carbonyl (C=O) groups is 2. The highest BCUT2D eigenvalue weighted by atomic mass is 35.5. The third-order valence-electron chi connectivity index (χ3n) is 6.89. The number of halogens is 2. The molecule has 0 aliphatic carbocycles. The van der Waals surface area contributed by atoms with Gasteiger partial charge in [0.05, 0.1) is 0 Å². The summed E-state index contributed by atoms with van der Waals surface area (Å²) in [5, 5.41) is 6.58. The molecule has 0 bridgehead atoms. The SMILES string of the molecule is N[C@@H](Cc1ccc(N(CCCl)CCCl)cc1)C(=O)OCC(=O)N1CCC(CCC(O)(P(=O)(O)O)P(=O)(O)O)CC1. The van der Waals surface area contributed by atoms with Crippen molar-refractivity contribution >= 4 is 56.0 Å². The molecule has 40 heavy (non-hydrogen) atoms. The molecule has 17 heteroatoms. The molecular weight excluding hydrogens is 611 g/mol. The highest BCUT2D eigenvalue weighted by Crippen LogP contribution is 2.69. The minimum atomic E-state index is -5.51. The van der Waals surface area contributed by atoms with Crippen molar-refractivity contribution in [3.8, 4) is 0 Å². The predicted molar refractivity (Wildman–Crippen MR) is 150 cm³/mol. The zero-order valence-corrected chi connectivity index (χ0v) is 25.1. The van der Waals surface area contributed by atoms with Crippen LogP contribution in [-0.4, -0.2) is 97.1 Å². The van der Waals surface area contributed by atoms with Crippen LogP contribution in [0.15, 0.2) is 24.3 Å². The molecule has 228 valence electrons. The van der Waals surface area contributed by atoms with Gasteiger partial charge >= 0.3 is 21.2 Å². The standard InChI is InChI=1S/C23H37Cl2N3O10P2/c24-9-13-27(14-10-25)19-3-1-18(2-4-19)15-20(26)22(30)38-16-21(29)28-11-6-17(7-12-28)5-8-23(31,39(32,33)34)40(35,36)37/h1-4,17,20,31H,5-16,26H2,(H2,32,33,34)(H2,35,36,37)/t20-/m0/s1. The summed E-state index contributed by atoms with van der Waals surface area (Å²) in [5.41, 5.74) is 7.73. The first-order valence-electron chi connectivity index (χ1n) is 12.6. The van der Waals surface area contributed by atoms with E-state index in [1.807, 2.05) is 29.2 Å². The molecule has 0 radical (unpaired) electrons. The number of amides is 1. The molecule has 1 atom stereocenters. The Morgan fingerprint density at radius 2 is 1.57 bits per heavy atom. The number of nitrogens with two attached hydrogens (primary N) is 1. The maximum Gasteiger partial charge on any atom is 0.369 e. The molecule has 7 N–H and O–H groups in total. The van der Waals surface area contributed by atoms with Gasteiger partial charge in [0, 0.05) is 50.0 Å². The summed E-state index contributed by atoms with van der Waals surface area (Å²) in [6, 6.07) is 6.48. The molecule has 1 aliphatic rings. The zero-order chi connectivity index (χ0) is 30.1. The fraction of sp³-hybridized carbons (Fsp3) is 0.652. The van der Waals surface area contributed by atoms with Crippen molar-refractivity contribution in [3.63, 3.8) is 0 Å². The van der Waals surface area contributed by atoms with E-state index in [-0.39, 0.29) is 31.8 Å². The van der Waals surface area contributed by atoms with Gasteiger partial charge in [0.2, 0.25) is 0 Å². The topological polar surface area (TPSA) is 211 Å². The number of carbonyl (C=O) groups excluding carboxylic acids is 2. The Labute approximate surface area is 242 Å². The second kappa shape index (κ2) is 15.3. The number of hydrogen-bond acceptors (Lipinski definition) is 8. The van der Waals surface area contributed by atoms with Crippen LogP contribution in [0.4, 0.5) is 5.69 Å². The van der Waals surface area contributed by atoms with Crippen molar-refractivity contribution in [3.05, 3.63) is 29.8 Å². The maximum absolute atomic E-state index is 12.5. The van der Waals surface area contributed by atoms with Crippen LogP contribution in [-0.2, 0) is 29.9 Å². The second-order valence-electron chi connectivity index (χ2n) is 9.68. The number of nitrogens with zero attached hydrogens (tertiary/aromatic N) is 2. The van der Waals surface area contributed by atoms with E-state index in [0.717, 1.165) is 11.3 Å². The minimum absolute atomic E-state index is 0.0585. The van der Waals surface area contributed by atoms with Gasteiger partial charge in [0.15, 0.2) is 6.61 Å². The van der Waals surface area contributed by atoms with Crippen molar-refractivity contribution in [1.82, 2.24) is 4.90 Å². The fourth-order valence-electron chi connectivity index (χ4n) is 4.42. The zero-order valence-electron chi connectivity index (χ0n) is 21.8. The van der Waals surface area contributed by atoms with Crippen LogP contribution in [0.2, 0.25) is 0 Å². The number of piperidine rings is 1. The molecular formula is C23H37Cl2N3O10P2. The molecule has 1 fully saturated rings. The van der Waals surface area contributed by atoms with E-state index in [4.69, 9.17) is 33.7 Å². The fourth-order valence-corrected chi connectivity index (χ4v) is 7.02. The first kappa shape index (κ1) is 35.0. The number of anilines is 1. The highest BCUT2D eigenvalue weighted by molar-refractivity contribution is 7.72. The first-order chi connectivity index (χ1) is 18.6. The molecule has 0 aromatic heterocycles. The van der Waals surface area contributed by atoms with Crippen molar-refractivity contribution in [2.24, 2.45) is 11.7 Å². The van der Waals surface area contributed by atoms with Crippen molar-refractivity contribution in [2.45, 2.75) is 43.2 Å². The molecule has 0 spiro atoms. The van der Waals surface area contributed by atoms with Gasteiger partial charge in [0.25, 0.3) is 11.0 Å². The summed E-state index contributed by atoms with van der Waals surface area (Å²) in [5.74, 6) is -0.492. The second-order valence-corrected chi connectivity index (χ2v) is 14.4. The van der Waals surface area contributed by atoms with E-state index >= 15 is 0 Å². The molecule has 1 heterocycles. The molecule has 13 nitrogen and oxygen atoms in total. The smallest absolute Gasteiger partial charge is 0.369 e. The monoisotopic (exact) mass is 647 g/mol. The van der Waals surface area contributed by atoms with Gasteiger partial charge in [-0.3, -0.25) is 18.7 Å². The number of hydrogen-bond donors (Lipinski definition) is 6. The molecule has 2 rings (SSSR count). The number of alkyl halides is 2. The van der Waals surface area contributed by atoms with Gasteiger partial charge in [-0.15, -0.1) is 23.2 Å². The van der Waals surface area contributed by atoms with Gasteiger partial charge < -0.3 is 45.0 Å². The minimum Gasteiger partial charge on any atom is -0.454 e. The number of esters is 1. The van der Waals surface area contributed by atoms with E-state index in [0.29, 0.717) is 37.7 Å². The van der Waals surface area contributed by atoms with Crippen LogP contribution in [0.1, 0.15) is 31.2 Å². The molecule has 1 aromatic carbocycles. The van der Waals surface area contributed by atoms with E-state index in [2.05, 4.69) is 0 Å². The Kier molecular flexibility index (Phi) is 13.4. The van der Waals surface area contributed by atoms with Gasteiger partial charge in [0.1, 0.15) is 6.04 Å². The van der Waals surface area contributed by atoms with Gasteiger partial charge in [-0.05, 0) is 49.3 Å². The van der Waals surface area contributed by atoms with E-state index in [1.54, 1.807) is 0 Å². The van der Waals surface area contributed by atoms with Gasteiger partial charge in [-0.25, -0.2) is 0 Å². The number of rotatable bonds is 15. The van der Waals surface area contributed by atoms with Crippen molar-refractivity contribution in [2.75, 3.05) is 49.4 Å². The summed E-state index contributed by atoms with van der Waals surface area (Å²) in [4.78, 5) is 65.4. The Morgan fingerprint density at radius 1 is 1.05 bits per heavy atom. The van der Waals surface area contributed by atoms with Gasteiger partial charge in [-0.1, -0.05) is 12.1 Å². The lowest BCUT2D eigenvalue weighted by Gasteiger charge is -2.34. The Morgan fingerprint density at radius 3 is 2.05 bits per heavy atom. The summed E-state index contributed by atoms with van der Waals surface area (Å²) >= 11 is 11.7. The van der Waals surface area contributed by atoms with E-state index in [1.165, 1.54) is 4.90 Å². The molecule has 1 amide bonds. The highest BCUT2D eigenvalue weighted by Gasteiger charge is 2.58. The number of ether oxygens (including phenoxy) is 1. The van der Waals surface area contributed by atoms with Gasteiger partial charge in [-0.2, -0.15) is 0 Å². The summed E-state index contributed by atoms with van der Waals surface area (Å²) in [7, 11) is -11.0. The average Bonchev–Trinajstić information content (AvgIpc) is 2.89. The molecule has 1 aromatic rings. The average molecular weight is 648 g/mol. The largest absolute Gasteiger partial charge is 0.454 e. The van der Waals surface area contributed by atoms with Crippen molar-refractivity contribution in [1.29, 1.82) is 0 Å². The van der Waals surface area contributed by atoms with Crippen LogP contribution >= 0.6 is 38.4 Å². The lowest BCUT2D eigenvalue weighted by atomic mass is 9.92. The maximum atomic E-state index is 12.5. The Hall–Kier alpha value is -1.24. The third-order valence-corrected chi connectivity index (χ3v) is 11.1. The molecule has 0 unspecified atom stereocenters. The van der Waals surface area contributed by atoms with Crippen molar-refractivity contribution < 1.29 is 48.1 Å². The Bertz CT molecular complexity index is 1050. The molecule has 0 saturated carbocycles. The molecule has 1 saturated heterocycles. The van der Waals surface area contributed by atoms with E-state index in [9.17, 15) is 43.4 Å². The summed E-state index contributed by atoms with van der Waals surface area (Å²) in [6.45, 7) is 1.27. The summed E-state index contributed by atoms with van der Waals surface area (Å²) in [6.07, 6.45) is 0.107.